The third-order valence-electron chi connectivity index (χ3n) is 3.41. The van der Waals surface area contributed by atoms with Gasteiger partial charge in [0, 0.05) is 32.5 Å². The lowest BCUT2D eigenvalue weighted by molar-refractivity contribution is -0.121. The topological polar surface area (TPSA) is 67.2 Å². The predicted octanol–water partition coefficient (Wildman–Crippen LogP) is 1.88. The number of nitrogens with one attached hydrogen (secondary N) is 1. The molecule has 2 N–H and O–H groups in total. The molecule has 1 amide bonds. The Morgan fingerprint density at radius 3 is 2.95 bits per heavy atom. The second kappa shape index (κ2) is 7.78. The van der Waals surface area contributed by atoms with E-state index in [1.165, 1.54) is 0 Å². The zero-order chi connectivity index (χ0) is 15.1. The molecule has 5 nitrogen and oxygen atoms in total. The molecule has 0 aliphatic rings. The summed E-state index contributed by atoms with van der Waals surface area (Å²) in [5.41, 5.74) is 2.16. The Morgan fingerprint density at radius 2 is 2.19 bits per heavy atom. The fourth-order valence-electron chi connectivity index (χ4n) is 2.43. The molecule has 2 rings (SSSR count). The summed E-state index contributed by atoms with van der Waals surface area (Å²) in [6, 6.07) is 8.12. The fourth-order valence-corrected chi connectivity index (χ4v) is 2.43. The number of aryl methyl sites for hydroxylation is 1. The minimum atomic E-state index is -0.0118. The maximum atomic E-state index is 11.5. The van der Waals surface area contributed by atoms with E-state index in [0.29, 0.717) is 19.4 Å². The van der Waals surface area contributed by atoms with Crippen LogP contribution in [0.15, 0.2) is 24.3 Å². The van der Waals surface area contributed by atoms with E-state index in [1.807, 2.05) is 18.2 Å². The number of aliphatic hydroxyl groups excluding tert-OH is 1. The van der Waals surface area contributed by atoms with Crippen molar-refractivity contribution in [2.45, 2.75) is 39.2 Å². The first-order valence-corrected chi connectivity index (χ1v) is 7.58. The average molecular weight is 289 g/mol. The molecular formula is C16H23N3O2. The highest BCUT2D eigenvalue weighted by molar-refractivity contribution is 5.76. The molecule has 114 valence electrons. The van der Waals surface area contributed by atoms with Gasteiger partial charge < -0.3 is 15.0 Å². The van der Waals surface area contributed by atoms with Crippen LogP contribution in [-0.2, 0) is 17.8 Å². The molecule has 0 radical (unpaired) electrons. The molecule has 0 spiro atoms. The van der Waals surface area contributed by atoms with E-state index in [2.05, 4.69) is 27.9 Å². The van der Waals surface area contributed by atoms with Crippen LogP contribution in [0.4, 0.5) is 0 Å². The van der Waals surface area contributed by atoms with Crippen LogP contribution in [0.1, 0.15) is 32.0 Å². The lowest BCUT2D eigenvalue weighted by Gasteiger charge is -2.08. The van der Waals surface area contributed by atoms with Crippen LogP contribution in [0.25, 0.3) is 11.0 Å². The molecule has 0 atom stereocenters. The normalized spacial score (nSPS) is 11.0. The number of fused-ring (bicyclic) bond motifs is 1. The van der Waals surface area contributed by atoms with E-state index < -0.39 is 0 Å². The Kier molecular flexibility index (Phi) is 5.75. The van der Waals surface area contributed by atoms with Crippen molar-refractivity contribution >= 4 is 16.9 Å². The Hall–Kier alpha value is -1.88. The summed E-state index contributed by atoms with van der Waals surface area (Å²) < 4.78 is 2.23. The first-order valence-electron chi connectivity index (χ1n) is 7.58. The Morgan fingerprint density at radius 1 is 1.38 bits per heavy atom. The molecular weight excluding hydrogens is 266 g/mol. The summed E-state index contributed by atoms with van der Waals surface area (Å²) in [6.45, 7) is 3.72. The van der Waals surface area contributed by atoms with Crippen molar-refractivity contribution in [3.05, 3.63) is 30.1 Å². The number of carbonyl (C=O) groups excluding carboxylic acids is 1. The van der Waals surface area contributed by atoms with Crippen molar-refractivity contribution < 1.29 is 9.90 Å². The van der Waals surface area contributed by atoms with Crippen LogP contribution in [-0.4, -0.2) is 33.7 Å². The molecule has 2 aromatic rings. The van der Waals surface area contributed by atoms with Gasteiger partial charge in [0.2, 0.25) is 5.91 Å². The summed E-state index contributed by atoms with van der Waals surface area (Å²) in [6.07, 6.45) is 2.66. The second-order valence-corrected chi connectivity index (χ2v) is 5.10. The number of aromatic nitrogens is 2. The average Bonchev–Trinajstić information content (AvgIpc) is 2.84. The lowest BCUT2D eigenvalue weighted by atomic mass is 10.3. The summed E-state index contributed by atoms with van der Waals surface area (Å²) in [4.78, 5) is 16.2. The number of aliphatic hydroxyl groups is 1. The van der Waals surface area contributed by atoms with Gasteiger partial charge in [0.25, 0.3) is 0 Å². The van der Waals surface area contributed by atoms with Crippen LogP contribution in [0.2, 0.25) is 0 Å². The van der Waals surface area contributed by atoms with Crippen LogP contribution >= 0.6 is 0 Å². The third kappa shape index (κ3) is 4.04. The molecule has 0 aliphatic carbocycles. The lowest BCUT2D eigenvalue weighted by Crippen LogP contribution is -2.26. The van der Waals surface area contributed by atoms with Crippen LogP contribution in [0, 0.1) is 0 Å². The monoisotopic (exact) mass is 289 g/mol. The van der Waals surface area contributed by atoms with Crippen molar-refractivity contribution in [2.75, 3.05) is 13.2 Å². The number of carbonyl (C=O) groups is 1. The molecule has 1 aromatic heterocycles. The van der Waals surface area contributed by atoms with Crippen LogP contribution < -0.4 is 5.32 Å². The minimum Gasteiger partial charge on any atom is -0.396 e. The molecule has 5 heteroatoms. The number of benzene rings is 1. The van der Waals surface area contributed by atoms with Gasteiger partial charge in [-0.15, -0.1) is 0 Å². The van der Waals surface area contributed by atoms with E-state index in [4.69, 9.17) is 5.11 Å². The molecule has 0 saturated heterocycles. The molecule has 1 heterocycles. The number of imidazole rings is 1. The number of hydrogen-bond donors (Lipinski definition) is 2. The zero-order valence-electron chi connectivity index (χ0n) is 12.5. The number of hydrogen-bond acceptors (Lipinski definition) is 3. The quantitative estimate of drug-likeness (QED) is 0.779. The van der Waals surface area contributed by atoms with Gasteiger partial charge in [-0.05, 0) is 25.0 Å². The fraction of sp³-hybridized carbons (Fsp3) is 0.500. The number of nitrogens with zero attached hydrogens (tertiary/aromatic N) is 2. The standard InChI is InChI=1S/C16H23N3O2/c1-2-11-19-14-7-4-3-6-13(14)18-15(19)9-10-17-16(21)8-5-12-20/h3-4,6-7,20H,2,5,8-12H2,1H3,(H,17,21). The van der Waals surface area contributed by atoms with Crippen LogP contribution in [0.5, 0.6) is 0 Å². The SMILES string of the molecule is CCCn1c(CCNC(=O)CCCO)nc2ccccc21. The maximum absolute atomic E-state index is 11.5. The third-order valence-corrected chi connectivity index (χ3v) is 3.41. The van der Waals surface area contributed by atoms with Gasteiger partial charge >= 0.3 is 0 Å². The van der Waals surface area contributed by atoms with Crippen molar-refractivity contribution in [3.63, 3.8) is 0 Å². The van der Waals surface area contributed by atoms with E-state index in [-0.39, 0.29) is 12.5 Å². The van der Waals surface area contributed by atoms with E-state index in [9.17, 15) is 4.79 Å². The number of amides is 1. The van der Waals surface area contributed by atoms with Crippen LogP contribution in [0.3, 0.4) is 0 Å². The highest BCUT2D eigenvalue weighted by Crippen LogP contribution is 2.16. The summed E-state index contributed by atoms with van der Waals surface area (Å²) in [5.74, 6) is 1.00. The predicted molar refractivity (Wildman–Crippen MR) is 83.1 cm³/mol. The van der Waals surface area contributed by atoms with Gasteiger partial charge in [-0.1, -0.05) is 19.1 Å². The van der Waals surface area contributed by atoms with Crippen molar-refractivity contribution in [3.8, 4) is 0 Å². The van der Waals surface area contributed by atoms with Gasteiger partial charge in [0.15, 0.2) is 0 Å². The van der Waals surface area contributed by atoms with Gasteiger partial charge in [-0.2, -0.15) is 0 Å². The Labute approximate surface area is 125 Å². The van der Waals surface area contributed by atoms with Crippen molar-refractivity contribution in [2.24, 2.45) is 0 Å². The highest BCUT2D eigenvalue weighted by atomic mass is 16.3. The Bertz CT molecular complexity index is 592. The zero-order valence-corrected chi connectivity index (χ0v) is 12.5. The van der Waals surface area contributed by atoms with Gasteiger partial charge in [0.05, 0.1) is 11.0 Å². The molecule has 0 aliphatic heterocycles. The molecule has 0 fully saturated rings. The molecule has 1 aromatic carbocycles. The largest absolute Gasteiger partial charge is 0.396 e. The number of para-hydroxylation sites is 2. The summed E-state index contributed by atoms with van der Waals surface area (Å²) >= 11 is 0. The molecule has 21 heavy (non-hydrogen) atoms. The molecule has 0 unspecified atom stereocenters. The smallest absolute Gasteiger partial charge is 0.220 e. The van der Waals surface area contributed by atoms with E-state index in [1.54, 1.807) is 0 Å². The van der Waals surface area contributed by atoms with E-state index in [0.717, 1.165) is 36.2 Å². The van der Waals surface area contributed by atoms with Gasteiger partial charge in [-0.3, -0.25) is 4.79 Å². The summed E-state index contributed by atoms with van der Waals surface area (Å²) in [7, 11) is 0. The maximum Gasteiger partial charge on any atom is 0.220 e. The highest BCUT2D eigenvalue weighted by Gasteiger charge is 2.09. The molecule has 0 bridgehead atoms. The van der Waals surface area contributed by atoms with Gasteiger partial charge in [0.1, 0.15) is 5.82 Å². The first kappa shape index (κ1) is 15.5. The minimum absolute atomic E-state index is 0.0118. The first-order chi connectivity index (χ1) is 10.3. The van der Waals surface area contributed by atoms with Crippen molar-refractivity contribution in [1.29, 1.82) is 0 Å². The van der Waals surface area contributed by atoms with Crippen molar-refractivity contribution in [1.82, 2.24) is 14.9 Å². The van der Waals surface area contributed by atoms with E-state index >= 15 is 0 Å². The van der Waals surface area contributed by atoms with Gasteiger partial charge in [-0.25, -0.2) is 4.98 Å². The number of rotatable bonds is 8. The summed E-state index contributed by atoms with van der Waals surface area (Å²) in [5, 5.41) is 11.6. The second-order valence-electron chi connectivity index (χ2n) is 5.10. The molecule has 0 saturated carbocycles. The Balaban J connectivity index is 2.01.